The number of rotatable bonds is 3. The number of nitrogens with zero attached hydrogens (tertiary/aromatic N) is 2. The summed E-state index contributed by atoms with van der Waals surface area (Å²) < 4.78 is 26.2. The predicted octanol–water partition coefficient (Wildman–Crippen LogP) is 0.640. The van der Waals surface area contributed by atoms with Crippen molar-refractivity contribution in [2.75, 3.05) is 0 Å². The van der Waals surface area contributed by atoms with Crippen LogP contribution in [0.5, 0.6) is 0 Å². The lowest BCUT2D eigenvalue weighted by atomic mass is 10.4. The van der Waals surface area contributed by atoms with Crippen LogP contribution in [0.3, 0.4) is 0 Å². The van der Waals surface area contributed by atoms with Gasteiger partial charge in [-0.3, -0.25) is 0 Å². The molecular formula is C10H11N3O2S. The molecule has 0 saturated heterocycles. The molecule has 5 nitrogen and oxygen atoms in total. The molecule has 0 aromatic carbocycles. The van der Waals surface area contributed by atoms with Crippen LogP contribution in [0.2, 0.25) is 0 Å². The lowest BCUT2D eigenvalue weighted by Crippen LogP contribution is -2.26. The van der Waals surface area contributed by atoms with E-state index < -0.39 is 10.0 Å². The van der Waals surface area contributed by atoms with E-state index in [1.165, 1.54) is 18.3 Å². The molecule has 1 aromatic heterocycles. The Morgan fingerprint density at radius 1 is 1.56 bits per heavy atom. The molecule has 16 heavy (non-hydrogen) atoms. The average molecular weight is 237 g/mol. The zero-order valence-corrected chi connectivity index (χ0v) is 9.53. The van der Waals surface area contributed by atoms with Crippen LogP contribution in [0.4, 0.5) is 0 Å². The van der Waals surface area contributed by atoms with Crippen molar-refractivity contribution in [2.45, 2.75) is 24.3 Å². The quantitative estimate of drug-likeness (QED) is 0.836. The summed E-state index contributed by atoms with van der Waals surface area (Å²) in [6.07, 6.45) is 2.08. The van der Waals surface area contributed by atoms with E-state index in [9.17, 15) is 8.42 Å². The predicted molar refractivity (Wildman–Crippen MR) is 56.8 cm³/mol. The Kier molecular flexibility index (Phi) is 2.66. The first-order valence-corrected chi connectivity index (χ1v) is 6.40. The van der Waals surface area contributed by atoms with Crippen molar-refractivity contribution < 1.29 is 8.42 Å². The zero-order valence-electron chi connectivity index (χ0n) is 8.71. The first-order chi connectivity index (χ1) is 7.53. The van der Waals surface area contributed by atoms with E-state index in [0.717, 1.165) is 6.42 Å². The molecule has 84 valence electrons. The van der Waals surface area contributed by atoms with E-state index in [2.05, 4.69) is 9.71 Å². The van der Waals surface area contributed by atoms with Gasteiger partial charge in [0, 0.05) is 12.2 Å². The number of hydrogen-bond donors (Lipinski definition) is 1. The Morgan fingerprint density at radius 3 is 2.69 bits per heavy atom. The van der Waals surface area contributed by atoms with Crippen LogP contribution >= 0.6 is 0 Å². The molecule has 2 atom stereocenters. The van der Waals surface area contributed by atoms with Gasteiger partial charge in [0.2, 0.25) is 10.0 Å². The summed E-state index contributed by atoms with van der Waals surface area (Å²) in [6.45, 7) is 1.99. The monoisotopic (exact) mass is 237 g/mol. The zero-order chi connectivity index (χ0) is 11.8. The molecule has 6 heteroatoms. The van der Waals surface area contributed by atoms with Crippen molar-refractivity contribution in [1.82, 2.24) is 9.71 Å². The van der Waals surface area contributed by atoms with Crippen LogP contribution in [-0.2, 0) is 10.0 Å². The van der Waals surface area contributed by atoms with Gasteiger partial charge >= 0.3 is 0 Å². The Hall–Kier alpha value is -1.45. The maximum atomic E-state index is 11.8. The van der Waals surface area contributed by atoms with Gasteiger partial charge in [0.25, 0.3) is 0 Å². The first kappa shape index (κ1) is 11.0. The summed E-state index contributed by atoms with van der Waals surface area (Å²) in [4.78, 5) is 3.83. The molecule has 1 aliphatic carbocycles. The summed E-state index contributed by atoms with van der Waals surface area (Å²) >= 11 is 0. The minimum Gasteiger partial charge on any atom is -0.244 e. The molecule has 1 N–H and O–H groups in total. The van der Waals surface area contributed by atoms with E-state index in [1.807, 2.05) is 13.0 Å². The topological polar surface area (TPSA) is 82.9 Å². The standard InChI is InChI=1S/C10H11N3O2S/c1-7-4-10(7)13-16(14,15)9-3-2-8(5-11)12-6-9/h2-3,6-7,10,13H,4H2,1H3. The van der Waals surface area contributed by atoms with Crippen LogP contribution in [0.25, 0.3) is 0 Å². The third-order valence-corrected chi connectivity index (χ3v) is 4.05. The van der Waals surface area contributed by atoms with Gasteiger partial charge in [-0.1, -0.05) is 6.92 Å². The van der Waals surface area contributed by atoms with Crippen LogP contribution in [-0.4, -0.2) is 19.4 Å². The smallest absolute Gasteiger partial charge is 0.242 e. The van der Waals surface area contributed by atoms with Gasteiger partial charge in [-0.05, 0) is 24.5 Å². The van der Waals surface area contributed by atoms with Gasteiger partial charge < -0.3 is 0 Å². The maximum Gasteiger partial charge on any atom is 0.242 e. The van der Waals surface area contributed by atoms with E-state index in [1.54, 1.807) is 0 Å². The number of sulfonamides is 1. The van der Waals surface area contributed by atoms with Crippen LogP contribution < -0.4 is 4.72 Å². The summed E-state index contributed by atoms with van der Waals surface area (Å²) in [5, 5.41) is 8.54. The lowest BCUT2D eigenvalue weighted by molar-refractivity contribution is 0.578. The van der Waals surface area contributed by atoms with E-state index in [0.29, 0.717) is 5.92 Å². The van der Waals surface area contributed by atoms with Crippen molar-refractivity contribution in [1.29, 1.82) is 5.26 Å². The summed E-state index contributed by atoms with van der Waals surface area (Å²) in [7, 11) is -3.48. The van der Waals surface area contributed by atoms with Crippen molar-refractivity contribution in [3.05, 3.63) is 24.0 Å². The normalized spacial score (nSPS) is 23.8. The molecule has 0 bridgehead atoms. The summed E-state index contributed by atoms with van der Waals surface area (Å²) in [6, 6.07) is 4.67. The molecule has 0 radical (unpaired) electrons. The number of pyridine rings is 1. The highest BCUT2D eigenvalue weighted by molar-refractivity contribution is 7.89. The van der Waals surface area contributed by atoms with Gasteiger partial charge in [0.05, 0.1) is 0 Å². The molecule has 2 rings (SSSR count). The Balaban J connectivity index is 2.19. The highest BCUT2D eigenvalue weighted by Crippen LogP contribution is 2.30. The van der Waals surface area contributed by atoms with E-state index in [-0.39, 0.29) is 16.6 Å². The second-order valence-corrected chi connectivity index (χ2v) is 5.65. The Bertz CT molecular complexity index is 530. The number of nitriles is 1. The molecule has 2 unspecified atom stereocenters. The number of aromatic nitrogens is 1. The second-order valence-electron chi connectivity index (χ2n) is 3.93. The van der Waals surface area contributed by atoms with Crippen LogP contribution in [0.1, 0.15) is 19.0 Å². The summed E-state index contributed by atoms with van der Waals surface area (Å²) in [5.41, 5.74) is 0.207. The molecule has 1 heterocycles. The third-order valence-electron chi connectivity index (χ3n) is 2.58. The third kappa shape index (κ3) is 2.21. The largest absolute Gasteiger partial charge is 0.244 e. The Labute approximate surface area is 94.2 Å². The molecule has 1 saturated carbocycles. The van der Waals surface area contributed by atoms with Crippen molar-refractivity contribution >= 4 is 10.0 Å². The molecule has 1 fully saturated rings. The minimum absolute atomic E-state index is 0.0423. The number of hydrogen-bond acceptors (Lipinski definition) is 4. The van der Waals surface area contributed by atoms with Gasteiger partial charge in [-0.15, -0.1) is 0 Å². The van der Waals surface area contributed by atoms with Crippen molar-refractivity contribution in [3.8, 4) is 6.07 Å². The fourth-order valence-electron chi connectivity index (χ4n) is 1.36. The van der Waals surface area contributed by atoms with Gasteiger partial charge in [0.15, 0.2) is 0 Å². The fourth-order valence-corrected chi connectivity index (χ4v) is 2.66. The number of nitrogens with one attached hydrogen (secondary N) is 1. The minimum atomic E-state index is -3.48. The van der Waals surface area contributed by atoms with E-state index >= 15 is 0 Å². The van der Waals surface area contributed by atoms with Gasteiger partial charge in [-0.25, -0.2) is 18.1 Å². The van der Waals surface area contributed by atoms with E-state index in [4.69, 9.17) is 5.26 Å². The molecule has 0 aliphatic heterocycles. The van der Waals surface area contributed by atoms with Crippen molar-refractivity contribution in [3.63, 3.8) is 0 Å². The molecule has 1 aliphatic rings. The molecule has 0 amide bonds. The maximum absolute atomic E-state index is 11.8. The fraction of sp³-hybridized carbons (Fsp3) is 0.400. The average Bonchev–Trinajstić information content (AvgIpc) is 2.93. The molecular weight excluding hydrogens is 226 g/mol. The SMILES string of the molecule is CC1CC1NS(=O)(=O)c1ccc(C#N)nc1. The first-order valence-electron chi connectivity index (χ1n) is 4.91. The molecule has 1 aromatic rings. The van der Waals surface area contributed by atoms with Gasteiger partial charge in [-0.2, -0.15) is 5.26 Å². The van der Waals surface area contributed by atoms with Crippen LogP contribution in [0.15, 0.2) is 23.2 Å². The van der Waals surface area contributed by atoms with Crippen LogP contribution in [0, 0.1) is 17.2 Å². The van der Waals surface area contributed by atoms with Gasteiger partial charge in [0.1, 0.15) is 16.7 Å². The Morgan fingerprint density at radius 2 is 2.25 bits per heavy atom. The second kappa shape index (κ2) is 3.85. The highest BCUT2D eigenvalue weighted by Gasteiger charge is 2.36. The highest BCUT2D eigenvalue weighted by atomic mass is 32.2. The summed E-state index contributed by atoms with van der Waals surface area (Å²) in [5.74, 6) is 0.404. The van der Waals surface area contributed by atoms with Crippen molar-refractivity contribution in [2.24, 2.45) is 5.92 Å². The lowest BCUT2D eigenvalue weighted by Gasteiger charge is -2.04. The molecule has 0 spiro atoms.